The third-order valence-electron chi connectivity index (χ3n) is 3.38. The Morgan fingerprint density at radius 2 is 2.00 bits per heavy atom. The number of nitrogens with one attached hydrogen (secondary N) is 1. The van der Waals surface area contributed by atoms with Gasteiger partial charge < -0.3 is 10.1 Å². The minimum absolute atomic E-state index is 0.00592. The standard InChI is InChI=1S/C14H16F3NO2/c15-14(16,17)11-6-7-18-12(8-11)13(19)20-9-10-4-2-1-3-5-10/h1-5,11-12,18H,6-9H2/t11-,12+/m1/s1. The van der Waals surface area contributed by atoms with Crippen LogP contribution in [0.2, 0.25) is 0 Å². The van der Waals surface area contributed by atoms with Crippen LogP contribution in [0.5, 0.6) is 0 Å². The van der Waals surface area contributed by atoms with Gasteiger partial charge in [0, 0.05) is 0 Å². The SMILES string of the molecule is O=C(OCc1ccccc1)[C@@H]1C[C@H](C(F)(F)F)CCN1. The summed E-state index contributed by atoms with van der Waals surface area (Å²) in [5.74, 6) is -2.05. The minimum atomic E-state index is -4.25. The van der Waals surface area contributed by atoms with Gasteiger partial charge >= 0.3 is 12.1 Å². The van der Waals surface area contributed by atoms with Crippen LogP contribution >= 0.6 is 0 Å². The van der Waals surface area contributed by atoms with Crippen molar-refractivity contribution in [1.29, 1.82) is 0 Å². The number of ether oxygens (including phenoxy) is 1. The average Bonchev–Trinajstić information content (AvgIpc) is 2.45. The van der Waals surface area contributed by atoms with Gasteiger partial charge in [-0.1, -0.05) is 30.3 Å². The van der Waals surface area contributed by atoms with Crippen molar-refractivity contribution in [3.63, 3.8) is 0 Å². The van der Waals surface area contributed by atoms with Gasteiger partial charge in [-0.2, -0.15) is 13.2 Å². The maximum Gasteiger partial charge on any atom is 0.391 e. The predicted molar refractivity (Wildman–Crippen MR) is 66.8 cm³/mol. The monoisotopic (exact) mass is 287 g/mol. The van der Waals surface area contributed by atoms with Gasteiger partial charge in [0.2, 0.25) is 0 Å². The molecule has 0 amide bonds. The lowest BCUT2D eigenvalue weighted by atomic mass is 9.92. The number of hydrogen-bond donors (Lipinski definition) is 1. The molecule has 0 radical (unpaired) electrons. The Morgan fingerprint density at radius 1 is 1.30 bits per heavy atom. The number of carbonyl (C=O) groups excluding carboxylic acids is 1. The van der Waals surface area contributed by atoms with E-state index in [1.807, 2.05) is 18.2 Å². The summed E-state index contributed by atoms with van der Waals surface area (Å²) in [4.78, 5) is 11.8. The minimum Gasteiger partial charge on any atom is -0.460 e. The van der Waals surface area contributed by atoms with Gasteiger partial charge in [0.15, 0.2) is 0 Å². The first-order valence-corrected chi connectivity index (χ1v) is 6.47. The highest BCUT2D eigenvalue weighted by Crippen LogP contribution is 2.34. The van der Waals surface area contributed by atoms with Crippen LogP contribution in [0.4, 0.5) is 13.2 Å². The Hall–Kier alpha value is -1.56. The van der Waals surface area contributed by atoms with Gasteiger partial charge in [0.25, 0.3) is 0 Å². The third-order valence-corrected chi connectivity index (χ3v) is 3.38. The van der Waals surface area contributed by atoms with Gasteiger partial charge in [0.05, 0.1) is 5.92 Å². The fraction of sp³-hybridized carbons (Fsp3) is 0.500. The van der Waals surface area contributed by atoms with E-state index in [0.717, 1.165) is 5.56 Å². The molecular formula is C14H16F3NO2. The number of hydrogen-bond acceptors (Lipinski definition) is 3. The second-order valence-electron chi connectivity index (χ2n) is 4.86. The van der Waals surface area contributed by atoms with Gasteiger partial charge in [-0.3, -0.25) is 4.79 Å². The van der Waals surface area contributed by atoms with Crippen molar-refractivity contribution < 1.29 is 22.7 Å². The molecule has 1 aliphatic heterocycles. The molecule has 110 valence electrons. The summed E-state index contributed by atoms with van der Waals surface area (Å²) in [6.45, 7) is 0.254. The lowest BCUT2D eigenvalue weighted by Gasteiger charge is -2.30. The number of rotatable bonds is 3. The Labute approximate surface area is 115 Å². The molecule has 1 fully saturated rings. The number of esters is 1. The quantitative estimate of drug-likeness (QED) is 0.869. The summed E-state index contributed by atoms with van der Waals surface area (Å²) >= 11 is 0. The van der Waals surface area contributed by atoms with Gasteiger partial charge in [-0.15, -0.1) is 0 Å². The van der Waals surface area contributed by atoms with E-state index in [2.05, 4.69) is 5.32 Å². The molecule has 6 heteroatoms. The van der Waals surface area contributed by atoms with Crippen molar-refractivity contribution in [1.82, 2.24) is 5.32 Å². The normalized spacial score (nSPS) is 23.4. The molecule has 0 unspecified atom stereocenters. The van der Waals surface area contributed by atoms with Crippen LogP contribution < -0.4 is 5.32 Å². The van der Waals surface area contributed by atoms with Crippen molar-refractivity contribution in [2.75, 3.05) is 6.54 Å². The lowest BCUT2D eigenvalue weighted by Crippen LogP contribution is -2.47. The summed E-state index contributed by atoms with van der Waals surface area (Å²) in [5.41, 5.74) is 0.809. The summed E-state index contributed by atoms with van der Waals surface area (Å²) in [6.07, 6.45) is -4.50. The molecule has 0 bridgehead atoms. The predicted octanol–water partition coefficient (Wildman–Crippen LogP) is 2.66. The third kappa shape index (κ3) is 3.96. The molecule has 0 aromatic heterocycles. The van der Waals surface area contributed by atoms with E-state index in [9.17, 15) is 18.0 Å². The van der Waals surface area contributed by atoms with Crippen molar-refractivity contribution in [3.8, 4) is 0 Å². The molecule has 1 saturated heterocycles. The second kappa shape index (κ2) is 6.26. The molecule has 1 aromatic carbocycles. The van der Waals surface area contributed by atoms with Crippen LogP contribution in [0.25, 0.3) is 0 Å². The highest BCUT2D eigenvalue weighted by atomic mass is 19.4. The zero-order chi connectivity index (χ0) is 14.6. The second-order valence-corrected chi connectivity index (χ2v) is 4.86. The van der Waals surface area contributed by atoms with Crippen molar-refractivity contribution >= 4 is 5.97 Å². The van der Waals surface area contributed by atoms with Gasteiger partial charge in [-0.05, 0) is 24.9 Å². The zero-order valence-electron chi connectivity index (χ0n) is 10.8. The molecule has 3 nitrogen and oxygen atoms in total. The van der Waals surface area contributed by atoms with E-state index in [1.165, 1.54) is 0 Å². The Kier molecular flexibility index (Phi) is 4.65. The summed E-state index contributed by atoms with van der Waals surface area (Å²) in [5, 5.41) is 2.78. The summed E-state index contributed by atoms with van der Waals surface area (Å²) in [7, 11) is 0. The first kappa shape index (κ1) is 14.8. The van der Waals surface area contributed by atoms with Crippen molar-refractivity contribution in [2.24, 2.45) is 5.92 Å². The molecule has 1 aromatic rings. The number of alkyl halides is 3. The van der Waals surface area contributed by atoms with E-state index in [1.54, 1.807) is 12.1 Å². The molecule has 1 heterocycles. The van der Waals surface area contributed by atoms with Crippen LogP contribution in [-0.2, 0) is 16.1 Å². The highest BCUT2D eigenvalue weighted by molar-refractivity contribution is 5.76. The topological polar surface area (TPSA) is 38.3 Å². The summed E-state index contributed by atoms with van der Waals surface area (Å²) in [6, 6.07) is 8.16. The number of benzene rings is 1. The van der Waals surface area contributed by atoms with E-state index in [4.69, 9.17) is 4.74 Å². The van der Waals surface area contributed by atoms with Crippen molar-refractivity contribution in [2.45, 2.75) is 31.7 Å². The van der Waals surface area contributed by atoms with E-state index in [0.29, 0.717) is 0 Å². The Bertz CT molecular complexity index is 447. The summed E-state index contributed by atoms with van der Waals surface area (Å²) < 4.78 is 43.0. The van der Waals surface area contributed by atoms with Crippen molar-refractivity contribution in [3.05, 3.63) is 35.9 Å². The van der Waals surface area contributed by atoms with E-state index < -0.39 is 24.1 Å². The molecule has 20 heavy (non-hydrogen) atoms. The Morgan fingerprint density at radius 3 is 2.65 bits per heavy atom. The van der Waals surface area contributed by atoms with Gasteiger partial charge in [-0.25, -0.2) is 0 Å². The molecular weight excluding hydrogens is 271 g/mol. The molecule has 1 N–H and O–H groups in total. The molecule has 2 rings (SSSR count). The average molecular weight is 287 g/mol. The molecule has 0 saturated carbocycles. The lowest BCUT2D eigenvalue weighted by molar-refractivity contribution is -0.185. The van der Waals surface area contributed by atoms with Crippen LogP contribution in [-0.4, -0.2) is 24.7 Å². The van der Waals surface area contributed by atoms with Crippen LogP contribution in [0.3, 0.4) is 0 Å². The highest BCUT2D eigenvalue weighted by Gasteiger charge is 2.43. The number of piperidine rings is 1. The maximum atomic E-state index is 12.6. The first-order valence-electron chi connectivity index (χ1n) is 6.47. The largest absolute Gasteiger partial charge is 0.460 e. The molecule has 2 atom stereocenters. The zero-order valence-corrected chi connectivity index (χ0v) is 10.8. The fourth-order valence-electron chi connectivity index (χ4n) is 2.22. The van der Waals surface area contributed by atoms with E-state index in [-0.39, 0.29) is 26.0 Å². The van der Waals surface area contributed by atoms with Crippen LogP contribution in [0, 0.1) is 5.92 Å². The Balaban J connectivity index is 1.86. The smallest absolute Gasteiger partial charge is 0.391 e. The van der Waals surface area contributed by atoms with Crippen LogP contribution in [0.1, 0.15) is 18.4 Å². The number of carbonyl (C=O) groups is 1. The van der Waals surface area contributed by atoms with E-state index >= 15 is 0 Å². The first-order chi connectivity index (χ1) is 9.47. The molecule has 0 aliphatic carbocycles. The number of halogens is 3. The van der Waals surface area contributed by atoms with Crippen LogP contribution in [0.15, 0.2) is 30.3 Å². The van der Waals surface area contributed by atoms with Gasteiger partial charge in [0.1, 0.15) is 12.6 Å². The fourth-order valence-corrected chi connectivity index (χ4v) is 2.22. The molecule has 0 spiro atoms. The molecule has 1 aliphatic rings. The maximum absolute atomic E-state index is 12.6.